The Morgan fingerprint density at radius 2 is 1.88 bits per heavy atom. The summed E-state index contributed by atoms with van der Waals surface area (Å²) < 4.78 is 5.99. The van der Waals surface area contributed by atoms with Gasteiger partial charge in [-0.15, -0.1) is 0 Å². The van der Waals surface area contributed by atoms with Crippen molar-refractivity contribution in [1.29, 1.82) is 0 Å². The minimum atomic E-state index is -0.509. The molecule has 1 atom stereocenters. The fraction of sp³-hybridized carbons (Fsp3) is 0.400. The third-order valence-corrected chi connectivity index (χ3v) is 5.34. The molecule has 2 aromatic rings. The van der Waals surface area contributed by atoms with E-state index in [1.54, 1.807) is 4.90 Å². The van der Waals surface area contributed by atoms with Gasteiger partial charge < -0.3 is 20.3 Å². The maximum Gasteiger partial charge on any atom is 0.315 e. The van der Waals surface area contributed by atoms with Crippen LogP contribution in [0.5, 0.6) is 0 Å². The zero-order valence-corrected chi connectivity index (χ0v) is 14.6. The molecule has 2 heterocycles. The molecule has 2 fully saturated rings. The highest BCUT2D eigenvalue weighted by Crippen LogP contribution is 2.24. The number of ether oxygens (including phenoxy) is 1. The van der Waals surface area contributed by atoms with Gasteiger partial charge in [-0.05, 0) is 29.2 Å². The number of amides is 3. The van der Waals surface area contributed by atoms with Crippen molar-refractivity contribution < 1.29 is 14.3 Å². The number of hydrogen-bond donors (Lipinski definition) is 1. The highest BCUT2D eigenvalue weighted by atomic mass is 16.5. The molecule has 0 saturated carbocycles. The SMILES string of the molecule is NC(=O)N1CCC[C@H]1C(=O)N1CC(OCc2cccc3ccccc23)C1. The lowest BCUT2D eigenvalue weighted by atomic mass is 10.0. The number of carbonyl (C=O) groups excluding carboxylic acids is 2. The van der Waals surface area contributed by atoms with Crippen molar-refractivity contribution in [2.24, 2.45) is 5.73 Å². The summed E-state index contributed by atoms with van der Waals surface area (Å²) in [7, 11) is 0. The fourth-order valence-electron chi connectivity index (χ4n) is 3.85. The van der Waals surface area contributed by atoms with Crippen LogP contribution in [0.15, 0.2) is 42.5 Å². The number of urea groups is 1. The summed E-state index contributed by atoms with van der Waals surface area (Å²) in [5, 5.41) is 2.40. The topological polar surface area (TPSA) is 75.9 Å². The van der Waals surface area contributed by atoms with E-state index >= 15 is 0 Å². The molecule has 0 aliphatic carbocycles. The van der Waals surface area contributed by atoms with Gasteiger partial charge in [-0.2, -0.15) is 0 Å². The van der Waals surface area contributed by atoms with Crippen LogP contribution >= 0.6 is 0 Å². The summed E-state index contributed by atoms with van der Waals surface area (Å²) in [5.41, 5.74) is 6.52. The Morgan fingerprint density at radius 3 is 2.69 bits per heavy atom. The van der Waals surface area contributed by atoms with E-state index in [1.807, 2.05) is 18.2 Å². The predicted octanol–water partition coefficient (Wildman–Crippen LogP) is 2.11. The van der Waals surface area contributed by atoms with E-state index < -0.39 is 12.1 Å². The molecule has 0 bridgehead atoms. The van der Waals surface area contributed by atoms with E-state index in [2.05, 4.69) is 24.3 Å². The predicted molar refractivity (Wildman–Crippen MR) is 98.4 cm³/mol. The Labute approximate surface area is 152 Å². The molecule has 0 radical (unpaired) electrons. The number of hydrogen-bond acceptors (Lipinski definition) is 3. The van der Waals surface area contributed by atoms with Gasteiger partial charge in [0.1, 0.15) is 6.04 Å². The lowest BCUT2D eigenvalue weighted by molar-refractivity contribution is -0.149. The number of fused-ring (bicyclic) bond motifs is 1. The summed E-state index contributed by atoms with van der Waals surface area (Å²) >= 11 is 0. The Morgan fingerprint density at radius 1 is 1.12 bits per heavy atom. The summed E-state index contributed by atoms with van der Waals surface area (Å²) in [5.74, 6) is -0.00805. The third kappa shape index (κ3) is 3.12. The van der Waals surface area contributed by atoms with Crippen LogP contribution in [0.25, 0.3) is 10.8 Å². The first kappa shape index (κ1) is 16.8. The molecule has 2 aliphatic rings. The molecular weight excluding hydrogens is 330 g/mol. The van der Waals surface area contributed by atoms with E-state index in [1.165, 1.54) is 15.7 Å². The van der Waals surface area contributed by atoms with Crippen LogP contribution in [-0.4, -0.2) is 53.5 Å². The third-order valence-electron chi connectivity index (χ3n) is 5.34. The van der Waals surface area contributed by atoms with Crippen LogP contribution in [0, 0.1) is 0 Å². The van der Waals surface area contributed by atoms with Gasteiger partial charge in [0.25, 0.3) is 0 Å². The number of nitrogens with zero attached hydrogens (tertiary/aromatic N) is 2. The highest BCUT2D eigenvalue weighted by Gasteiger charge is 2.40. The Hall–Kier alpha value is -2.60. The second-order valence-corrected chi connectivity index (χ2v) is 7.00. The van der Waals surface area contributed by atoms with Crippen LogP contribution in [0.3, 0.4) is 0 Å². The van der Waals surface area contributed by atoms with Crippen molar-refractivity contribution in [3.63, 3.8) is 0 Å². The first-order valence-corrected chi connectivity index (χ1v) is 9.06. The van der Waals surface area contributed by atoms with Crippen molar-refractivity contribution in [3.05, 3.63) is 48.0 Å². The largest absolute Gasteiger partial charge is 0.370 e. The molecule has 2 aromatic carbocycles. The van der Waals surface area contributed by atoms with Gasteiger partial charge in [0.2, 0.25) is 5.91 Å². The number of benzene rings is 2. The van der Waals surface area contributed by atoms with Gasteiger partial charge in [0.15, 0.2) is 0 Å². The maximum absolute atomic E-state index is 12.6. The van der Waals surface area contributed by atoms with Gasteiger partial charge >= 0.3 is 6.03 Å². The number of likely N-dealkylation sites (tertiary alicyclic amines) is 2. The minimum Gasteiger partial charge on any atom is -0.370 e. The van der Waals surface area contributed by atoms with Gasteiger partial charge in [-0.3, -0.25) is 4.79 Å². The summed E-state index contributed by atoms with van der Waals surface area (Å²) in [4.78, 5) is 27.2. The molecule has 4 rings (SSSR count). The quantitative estimate of drug-likeness (QED) is 0.915. The van der Waals surface area contributed by atoms with Gasteiger partial charge in [-0.1, -0.05) is 42.5 Å². The standard InChI is InChI=1S/C20H23N3O3/c21-20(25)23-10-4-9-18(23)19(24)22-11-16(12-22)26-13-15-7-3-6-14-5-1-2-8-17(14)15/h1-3,5-8,16,18H,4,9-13H2,(H2,21,25)/t18-/m0/s1. The number of primary amides is 1. The minimum absolute atomic E-state index is 0.00805. The van der Waals surface area contributed by atoms with Crippen LogP contribution in [0.2, 0.25) is 0 Å². The van der Waals surface area contributed by atoms with E-state index in [0.29, 0.717) is 32.7 Å². The zero-order chi connectivity index (χ0) is 18.1. The average molecular weight is 353 g/mol. The average Bonchev–Trinajstić information content (AvgIpc) is 3.10. The maximum atomic E-state index is 12.6. The monoisotopic (exact) mass is 353 g/mol. The highest BCUT2D eigenvalue weighted by molar-refractivity contribution is 5.88. The lowest BCUT2D eigenvalue weighted by Gasteiger charge is -2.41. The summed E-state index contributed by atoms with van der Waals surface area (Å²) in [6.45, 7) is 2.25. The van der Waals surface area contributed by atoms with E-state index in [4.69, 9.17) is 10.5 Å². The first-order chi connectivity index (χ1) is 12.6. The van der Waals surface area contributed by atoms with Crippen LogP contribution in [-0.2, 0) is 16.1 Å². The van der Waals surface area contributed by atoms with Crippen molar-refractivity contribution in [2.45, 2.75) is 31.6 Å². The van der Waals surface area contributed by atoms with Gasteiger partial charge in [-0.25, -0.2) is 4.79 Å². The van der Waals surface area contributed by atoms with E-state index in [-0.39, 0.29) is 12.0 Å². The molecular formula is C20H23N3O3. The van der Waals surface area contributed by atoms with Crippen LogP contribution in [0.4, 0.5) is 4.79 Å². The lowest BCUT2D eigenvalue weighted by Crippen LogP contribution is -2.59. The molecule has 6 nitrogen and oxygen atoms in total. The number of rotatable bonds is 4. The first-order valence-electron chi connectivity index (χ1n) is 9.06. The van der Waals surface area contributed by atoms with Gasteiger partial charge in [0, 0.05) is 19.6 Å². The summed E-state index contributed by atoms with van der Waals surface area (Å²) in [6, 6.07) is 13.6. The van der Waals surface area contributed by atoms with Crippen LogP contribution in [0.1, 0.15) is 18.4 Å². The van der Waals surface area contributed by atoms with E-state index in [0.717, 1.165) is 12.0 Å². The summed E-state index contributed by atoms with van der Waals surface area (Å²) in [6.07, 6.45) is 1.56. The normalized spacial score (nSPS) is 20.4. The number of carbonyl (C=O) groups is 2. The van der Waals surface area contributed by atoms with Crippen molar-refractivity contribution in [2.75, 3.05) is 19.6 Å². The van der Waals surface area contributed by atoms with Crippen molar-refractivity contribution in [3.8, 4) is 0 Å². The Bertz CT molecular complexity index is 827. The molecule has 26 heavy (non-hydrogen) atoms. The molecule has 0 unspecified atom stereocenters. The smallest absolute Gasteiger partial charge is 0.315 e. The Kier molecular flexibility index (Phi) is 4.51. The second-order valence-electron chi connectivity index (χ2n) is 7.00. The molecule has 2 N–H and O–H groups in total. The van der Waals surface area contributed by atoms with Crippen molar-refractivity contribution >= 4 is 22.7 Å². The molecule has 2 saturated heterocycles. The molecule has 0 spiro atoms. The number of nitrogens with two attached hydrogens (primary N) is 1. The van der Waals surface area contributed by atoms with E-state index in [9.17, 15) is 9.59 Å². The fourth-order valence-corrected chi connectivity index (χ4v) is 3.85. The van der Waals surface area contributed by atoms with Crippen molar-refractivity contribution in [1.82, 2.24) is 9.80 Å². The molecule has 6 heteroatoms. The Balaban J connectivity index is 1.31. The van der Waals surface area contributed by atoms with Gasteiger partial charge in [0.05, 0.1) is 12.7 Å². The molecule has 0 aromatic heterocycles. The zero-order valence-electron chi connectivity index (χ0n) is 14.6. The molecule has 2 aliphatic heterocycles. The molecule has 3 amide bonds. The second kappa shape index (κ2) is 6.96. The molecule has 136 valence electrons. The van der Waals surface area contributed by atoms with Crippen LogP contribution < -0.4 is 5.73 Å².